The molecule has 1 unspecified atom stereocenters. The zero-order chi connectivity index (χ0) is 15.1. The van der Waals surface area contributed by atoms with Crippen LogP contribution in [0.4, 0.5) is 5.69 Å². The minimum Gasteiger partial charge on any atom is -0.310 e. The van der Waals surface area contributed by atoms with Crippen molar-refractivity contribution in [2.24, 2.45) is 0 Å². The molecular weight excluding hydrogens is 264 g/mol. The predicted octanol–water partition coefficient (Wildman–Crippen LogP) is 3.88. The Kier molecular flexibility index (Phi) is 5.46. The largest absolute Gasteiger partial charge is 0.310 e. The van der Waals surface area contributed by atoms with E-state index < -0.39 is 0 Å². The average Bonchev–Trinajstić information content (AvgIpc) is 2.52. The summed E-state index contributed by atoms with van der Waals surface area (Å²) in [6, 6.07) is 17.3. The molecule has 4 nitrogen and oxygen atoms in total. The van der Waals surface area contributed by atoms with E-state index in [1.54, 1.807) is 12.1 Å². The number of non-ortho nitro benzene ring substituents is 1. The number of nitro benzene ring substituents is 1. The molecule has 0 bridgehead atoms. The van der Waals surface area contributed by atoms with Gasteiger partial charge < -0.3 is 5.32 Å². The van der Waals surface area contributed by atoms with Gasteiger partial charge in [-0.1, -0.05) is 42.5 Å². The lowest BCUT2D eigenvalue weighted by molar-refractivity contribution is -0.384. The summed E-state index contributed by atoms with van der Waals surface area (Å²) in [4.78, 5) is 10.2. The Morgan fingerprint density at radius 2 is 1.76 bits per heavy atom. The van der Waals surface area contributed by atoms with Crippen molar-refractivity contribution in [3.05, 3.63) is 75.8 Å². The summed E-state index contributed by atoms with van der Waals surface area (Å²) < 4.78 is 0. The minimum absolute atomic E-state index is 0.134. The lowest BCUT2D eigenvalue weighted by atomic mass is 10.1. The Labute approximate surface area is 125 Å². The molecule has 0 heterocycles. The van der Waals surface area contributed by atoms with Crippen molar-refractivity contribution >= 4 is 5.69 Å². The first-order chi connectivity index (χ1) is 10.2. The summed E-state index contributed by atoms with van der Waals surface area (Å²) in [5.41, 5.74) is 2.55. The zero-order valence-electron chi connectivity index (χ0n) is 12.2. The third kappa shape index (κ3) is 4.68. The number of hydrogen-bond donors (Lipinski definition) is 1. The quantitative estimate of drug-likeness (QED) is 0.477. The molecule has 0 aliphatic heterocycles. The molecule has 0 aliphatic rings. The summed E-state index contributed by atoms with van der Waals surface area (Å²) in [6.45, 7) is 3.00. The Morgan fingerprint density at radius 1 is 1.10 bits per heavy atom. The predicted molar refractivity (Wildman–Crippen MR) is 84.3 cm³/mol. The van der Waals surface area contributed by atoms with E-state index in [0.29, 0.717) is 0 Å². The molecule has 2 aromatic rings. The topological polar surface area (TPSA) is 55.2 Å². The van der Waals surface area contributed by atoms with E-state index in [9.17, 15) is 10.1 Å². The van der Waals surface area contributed by atoms with Crippen LogP contribution in [0.25, 0.3) is 0 Å². The Bertz CT molecular complexity index is 567. The molecule has 21 heavy (non-hydrogen) atoms. The average molecular weight is 284 g/mol. The second kappa shape index (κ2) is 7.55. The molecule has 0 saturated heterocycles. The van der Waals surface area contributed by atoms with Crippen molar-refractivity contribution in [2.45, 2.75) is 25.8 Å². The first-order valence-electron chi connectivity index (χ1n) is 7.18. The molecule has 1 N–H and O–H groups in total. The van der Waals surface area contributed by atoms with Crippen LogP contribution in [0.1, 0.15) is 30.5 Å². The molecule has 0 spiro atoms. The number of rotatable bonds is 7. The van der Waals surface area contributed by atoms with Crippen molar-refractivity contribution in [1.82, 2.24) is 5.32 Å². The maximum absolute atomic E-state index is 10.6. The summed E-state index contributed by atoms with van der Waals surface area (Å²) in [5, 5.41) is 14.1. The van der Waals surface area contributed by atoms with Gasteiger partial charge in [-0.3, -0.25) is 10.1 Å². The molecule has 110 valence electrons. The smallest absolute Gasteiger partial charge is 0.269 e. The third-order valence-electron chi connectivity index (χ3n) is 3.54. The maximum atomic E-state index is 10.6. The normalized spacial score (nSPS) is 12.0. The molecule has 0 radical (unpaired) electrons. The first kappa shape index (κ1) is 15.2. The Hall–Kier alpha value is -2.20. The van der Waals surface area contributed by atoms with E-state index >= 15 is 0 Å². The van der Waals surface area contributed by atoms with E-state index in [4.69, 9.17) is 0 Å². The highest BCUT2D eigenvalue weighted by atomic mass is 16.6. The van der Waals surface area contributed by atoms with Crippen molar-refractivity contribution in [3.63, 3.8) is 0 Å². The lowest BCUT2D eigenvalue weighted by Crippen LogP contribution is -2.20. The van der Waals surface area contributed by atoms with Gasteiger partial charge in [-0.25, -0.2) is 0 Å². The van der Waals surface area contributed by atoms with Crippen molar-refractivity contribution in [1.29, 1.82) is 0 Å². The highest BCUT2D eigenvalue weighted by Gasteiger charge is 2.08. The summed E-state index contributed by atoms with van der Waals surface area (Å²) in [6.07, 6.45) is 2.13. The molecule has 2 aromatic carbocycles. The second-order valence-corrected chi connectivity index (χ2v) is 5.11. The van der Waals surface area contributed by atoms with Gasteiger partial charge in [0.05, 0.1) is 4.92 Å². The molecule has 0 saturated carbocycles. The van der Waals surface area contributed by atoms with Crippen molar-refractivity contribution in [3.8, 4) is 0 Å². The summed E-state index contributed by atoms with van der Waals surface area (Å²) in [7, 11) is 0. The number of nitro groups is 1. The second-order valence-electron chi connectivity index (χ2n) is 5.11. The lowest BCUT2D eigenvalue weighted by Gasteiger charge is -2.14. The molecule has 0 amide bonds. The van der Waals surface area contributed by atoms with Crippen LogP contribution in [0, 0.1) is 10.1 Å². The van der Waals surface area contributed by atoms with Gasteiger partial charge in [0.1, 0.15) is 0 Å². The van der Waals surface area contributed by atoms with Crippen LogP contribution in [-0.2, 0) is 6.42 Å². The van der Waals surface area contributed by atoms with E-state index in [1.165, 1.54) is 5.56 Å². The number of benzene rings is 2. The summed E-state index contributed by atoms with van der Waals surface area (Å²) in [5.74, 6) is 0. The van der Waals surface area contributed by atoms with Crippen LogP contribution in [-0.4, -0.2) is 11.5 Å². The molecule has 0 aromatic heterocycles. The van der Waals surface area contributed by atoms with Crippen LogP contribution < -0.4 is 5.32 Å². The van der Waals surface area contributed by atoms with E-state index in [-0.39, 0.29) is 16.7 Å². The van der Waals surface area contributed by atoms with Crippen molar-refractivity contribution in [2.75, 3.05) is 6.54 Å². The third-order valence-corrected chi connectivity index (χ3v) is 3.54. The van der Waals surface area contributed by atoms with Gasteiger partial charge in [-0.2, -0.15) is 0 Å². The van der Waals surface area contributed by atoms with E-state index in [1.807, 2.05) is 18.2 Å². The first-order valence-corrected chi connectivity index (χ1v) is 7.18. The molecular formula is C17H20N2O2. The molecule has 4 heteroatoms. The Morgan fingerprint density at radius 3 is 2.38 bits per heavy atom. The van der Waals surface area contributed by atoms with Gasteiger partial charge in [0.15, 0.2) is 0 Å². The van der Waals surface area contributed by atoms with Crippen LogP contribution in [0.2, 0.25) is 0 Å². The van der Waals surface area contributed by atoms with Crippen LogP contribution in [0.15, 0.2) is 54.6 Å². The minimum atomic E-state index is -0.373. The van der Waals surface area contributed by atoms with Crippen LogP contribution in [0.5, 0.6) is 0 Å². The van der Waals surface area contributed by atoms with Gasteiger partial charge in [-0.15, -0.1) is 0 Å². The van der Waals surface area contributed by atoms with Gasteiger partial charge in [-0.05, 0) is 37.4 Å². The fourth-order valence-corrected chi connectivity index (χ4v) is 2.26. The number of nitrogens with zero attached hydrogens (tertiary/aromatic N) is 1. The summed E-state index contributed by atoms with van der Waals surface area (Å²) >= 11 is 0. The highest BCUT2D eigenvalue weighted by Crippen LogP contribution is 2.17. The van der Waals surface area contributed by atoms with E-state index in [2.05, 4.69) is 36.5 Å². The monoisotopic (exact) mass is 284 g/mol. The Balaban J connectivity index is 1.76. The molecule has 0 aliphatic carbocycles. The van der Waals surface area contributed by atoms with Crippen LogP contribution in [0.3, 0.4) is 0 Å². The number of aryl methyl sites for hydroxylation is 1. The highest BCUT2D eigenvalue weighted by molar-refractivity contribution is 5.34. The number of nitrogens with one attached hydrogen (secondary N) is 1. The van der Waals surface area contributed by atoms with Gasteiger partial charge in [0.25, 0.3) is 5.69 Å². The van der Waals surface area contributed by atoms with Crippen LogP contribution >= 0.6 is 0 Å². The van der Waals surface area contributed by atoms with Gasteiger partial charge in [0.2, 0.25) is 0 Å². The molecule has 0 fully saturated rings. The van der Waals surface area contributed by atoms with Gasteiger partial charge >= 0.3 is 0 Å². The SMILES string of the molecule is CC(NCCCc1ccccc1)c1ccc([N+](=O)[O-])cc1. The standard InChI is InChI=1S/C17H20N2O2/c1-14(16-9-11-17(12-10-16)19(20)21)18-13-5-8-15-6-3-2-4-7-15/h2-4,6-7,9-12,14,18H,5,8,13H2,1H3. The fraction of sp³-hybridized carbons (Fsp3) is 0.294. The van der Waals surface area contributed by atoms with Gasteiger partial charge in [0, 0.05) is 18.2 Å². The maximum Gasteiger partial charge on any atom is 0.269 e. The van der Waals surface area contributed by atoms with Crippen molar-refractivity contribution < 1.29 is 4.92 Å². The number of hydrogen-bond acceptors (Lipinski definition) is 3. The van der Waals surface area contributed by atoms with E-state index in [0.717, 1.165) is 24.9 Å². The molecule has 2 rings (SSSR count). The fourth-order valence-electron chi connectivity index (χ4n) is 2.26. The molecule has 1 atom stereocenters. The zero-order valence-corrected chi connectivity index (χ0v) is 12.2.